The predicted octanol–water partition coefficient (Wildman–Crippen LogP) is 3.62. The molecule has 6 heteroatoms. The van der Waals surface area contributed by atoms with Crippen LogP contribution in [0.2, 0.25) is 0 Å². The Hall–Kier alpha value is -2.89. The standard InChI is InChI=1S/C22H26N4O2/c1-3-27-22-24-20(11-10-18-7-5-13-28-18)23-21(25-22)15-16-8-9-17-6-4-12-26(2)19(17)14-16/h5,7-9,13-14H,3-4,6,10-12,15H2,1-2H3. The smallest absolute Gasteiger partial charge is 0.319 e. The van der Waals surface area contributed by atoms with Crippen molar-refractivity contribution < 1.29 is 9.15 Å². The first kappa shape index (κ1) is 18.5. The third kappa shape index (κ3) is 4.32. The van der Waals surface area contributed by atoms with E-state index in [0.717, 1.165) is 36.8 Å². The first-order valence-corrected chi connectivity index (χ1v) is 9.93. The fourth-order valence-electron chi connectivity index (χ4n) is 3.61. The Morgan fingerprint density at radius 2 is 2.00 bits per heavy atom. The Morgan fingerprint density at radius 1 is 1.11 bits per heavy atom. The highest BCUT2D eigenvalue weighted by molar-refractivity contribution is 5.57. The molecule has 146 valence electrons. The van der Waals surface area contributed by atoms with Crippen LogP contribution in [0.3, 0.4) is 0 Å². The molecule has 0 N–H and O–H groups in total. The molecule has 0 bridgehead atoms. The van der Waals surface area contributed by atoms with Crippen LogP contribution in [0.1, 0.15) is 41.9 Å². The SMILES string of the molecule is CCOc1nc(CCc2ccco2)nc(Cc2ccc3c(c2)N(C)CCC3)n1. The van der Waals surface area contributed by atoms with Gasteiger partial charge in [-0.3, -0.25) is 0 Å². The Balaban J connectivity index is 1.55. The van der Waals surface area contributed by atoms with Gasteiger partial charge in [-0.05, 0) is 49.1 Å². The highest BCUT2D eigenvalue weighted by atomic mass is 16.5. The van der Waals surface area contributed by atoms with E-state index in [0.29, 0.717) is 25.5 Å². The van der Waals surface area contributed by atoms with Gasteiger partial charge in [0.2, 0.25) is 0 Å². The quantitative estimate of drug-likeness (QED) is 0.626. The minimum Gasteiger partial charge on any atom is -0.469 e. The molecular weight excluding hydrogens is 352 g/mol. The molecule has 4 rings (SSSR count). The van der Waals surface area contributed by atoms with E-state index in [4.69, 9.17) is 9.15 Å². The van der Waals surface area contributed by atoms with Crippen molar-refractivity contribution in [1.29, 1.82) is 0 Å². The molecule has 0 saturated carbocycles. The summed E-state index contributed by atoms with van der Waals surface area (Å²) < 4.78 is 11.0. The first-order chi connectivity index (χ1) is 13.7. The minimum absolute atomic E-state index is 0.400. The van der Waals surface area contributed by atoms with Gasteiger partial charge in [0.15, 0.2) is 0 Å². The number of hydrogen-bond acceptors (Lipinski definition) is 6. The van der Waals surface area contributed by atoms with Gasteiger partial charge in [-0.2, -0.15) is 9.97 Å². The third-order valence-corrected chi connectivity index (χ3v) is 5.02. The largest absolute Gasteiger partial charge is 0.469 e. The summed E-state index contributed by atoms with van der Waals surface area (Å²) in [5.41, 5.74) is 3.95. The van der Waals surface area contributed by atoms with E-state index in [1.54, 1.807) is 6.26 Å². The third-order valence-electron chi connectivity index (χ3n) is 5.02. The molecule has 0 atom stereocenters. The minimum atomic E-state index is 0.400. The summed E-state index contributed by atoms with van der Waals surface area (Å²) in [6, 6.07) is 11.0. The van der Waals surface area contributed by atoms with E-state index >= 15 is 0 Å². The van der Waals surface area contributed by atoms with Gasteiger partial charge in [0.1, 0.15) is 17.4 Å². The van der Waals surface area contributed by atoms with Crippen molar-refractivity contribution in [2.45, 2.75) is 39.0 Å². The fraction of sp³-hybridized carbons (Fsp3) is 0.409. The lowest BCUT2D eigenvalue weighted by atomic mass is 9.99. The monoisotopic (exact) mass is 378 g/mol. The summed E-state index contributed by atoms with van der Waals surface area (Å²) >= 11 is 0. The summed E-state index contributed by atoms with van der Waals surface area (Å²) in [5, 5.41) is 0. The molecule has 0 radical (unpaired) electrons. The molecule has 2 aromatic heterocycles. The lowest BCUT2D eigenvalue weighted by Crippen LogP contribution is -2.24. The van der Waals surface area contributed by atoms with Crippen LogP contribution in [0.15, 0.2) is 41.0 Å². The lowest BCUT2D eigenvalue weighted by molar-refractivity contribution is 0.308. The van der Waals surface area contributed by atoms with Gasteiger partial charge in [-0.1, -0.05) is 12.1 Å². The number of anilines is 1. The average Bonchev–Trinajstić information content (AvgIpc) is 3.21. The van der Waals surface area contributed by atoms with E-state index < -0.39 is 0 Å². The van der Waals surface area contributed by atoms with Crippen molar-refractivity contribution in [3.05, 3.63) is 65.1 Å². The van der Waals surface area contributed by atoms with Gasteiger partial charge >= 0.3 is 6.01 Å². The van der Waals surface area contributed by atoms with Crippen molar-refractivity contribution in [2.75, 3.05) is 25.1 Å². The molecule has 1 aromatic carbocycles. The Kier molecular flexibility index (Phi) is 5.55. The van der Waals surface area contributed by atoms with Gasteiger partial charge < -0.3 is 14.1 Å². The van der Waals surface area contributed by atoms with Gasteiger partial charge in [-0.15, -0.1) is 0 Å². The van der Waals surface area contributed by atoms with E-state index in [1.807, 2.05) is 19.1 Å². The van der Waals surface area contributed by atoms with Gasteiger partial charge in [0.05, 0.1) is 12.9 Å². The van der Waals surface area contributed by atoms with Crippen molar-refractivity contribution in [3.8, 4) is 6.01 Å². The van der Waals surface area contributed by atoms with Crippen molar-refractivity contribution in [2.24, 2.45) is 0 Å². The molecule has 3 heterocycles. The highest BCUT2D eigenvalue weighted by Gasteiger charge is 2.15. The summed E-state index contributed by atoms with van der Waals surface area (Å²) in [7, 11) is 2.16. The maximum Gasteiger partial charge on any atom is 0.319 e. The maximum atomic E-state index is 5.58. The molecule has 1 aliphatic rings. The molecule has 0 unspecified atom stereocenters. The number of benzene rings is 1. The molecule has 28 heavy (non-hydrogen) atoms. The number of nitrogens with zero attached hydrogens (tertiary/aromatic N) is 4. The second-order valence-electron chi connectivity index (χ2n) is 7.13. The number of aryl methyl sites for hydroxylation is 3. The molecule has 0 amide bonds. The maximum absolute atomic E-state index is 5.58. The van der Waals surface area contributed by atoms with E-state index in [1.165, 1.54) is 23.2 Å². The van der Waals surface area contributed by atoms with Crippen LogP contribution in [0.4, 0.5) is 5.69 Å². The van der Waals surface area contributed by atoms with Crippen LogP contribution in [0.5, 0.6) is 6.01 Å². The zero-order chi connectivity index (χ0) is 19.3. The molecule has 0 fully saturated rings. The number of furan rings is 1. The number of aromatic nitrogens is 3. The topological polar surface area (TPSA) is 64.3 Å². The predicted molar refractivity (Wildman–Crippen MR) is 108 cm³/mol. The van der Waals surface area contributed by atoms with E-state index in [-0.39, 0.29) is 0 Å². The van der Waals surface area contributed by atoms with Crippen LogP contribution in [0.25, 0.3) is 0 Å². The number of ether oxygens (including phenoxy) is 1. The van der Waals surface area contributed by atoms with Crippen molar-refractivity contribution >= 4 is 5.69 Å². The normalized spacial score (nSPS) is 13.4. The zero-order valence-electron chi connectivity index (χ0n) is 16.5. The van der Waals surface area contributed by atoms with Crippen LogP contribution in [0, 0.1) is 0 Å². The fourth-order valence-corrected chi connectivity index (χ4v) is 3.61. The zero-order valence-corrected chi connectivity index (χ0v) is 16.5. The van der Waals surface area contributed by atoms with Gasteiger partial charge in [-0.25, -0.2) is 4.98 Å². The lowest BCUT2D eigenvalue weighted by Gasteiger charge is -2.28. The molecule has 0 aliphatic carbocycles. The first-order valence-electron chi connectivity index (χ1n) is 9.93. The molecule has 1 aliphatic heterocycles. The summed E-state index contributed by atoms with van der Waals surface area (Å²) in [5.74, 6) is 2.41. The Morgan fingerprint density at radius 3 is 2.82 bits per heavy atom. The Bertz CT molecular complexity index is 924. The molecule has 0 spiro atoms. The van der Waals surface area contributed by atoms with Gasteiger partial charge in [0.25, 0.3) is 0 Å². The van der Waals surface area contributed by atoms with Crippen LogP contribution >= 0.6 is 0 Å². The molecule has 0 saturated heterocycles. The van der Waals surface area contributed by atoms with Crippen LogP contribution < -0.4 is 9.64 Å². The van der Waals surface area contributed by atoms with Gasteiger partial charge in [0, 0.05) is 38.5 Å². The van der Waals surface area contributed by atoms with Crippen molar-refractivity contribution in [1.82, 2.24) is 15.0 Å². The number of hydrogen-bond donors (Lipinski definition) is 0. The number of fused-ring (bicyclic) bond motifs is 1. The molecule has 3 aromatic rings. The highest BCUT2D eigenvalue weighted by Crippen LogP contribution is 2.27. The summed E-state index contributed by atoms with van der Waals surface area (Å²) in [6.45, 7) is 3.57. The average molecular weight is 378 g/mol. The number of rotatable bonds is 7. The second kappa shape index (κ2) is 8.42. The summed E-state index contributed by atoms with van der Waals surface area (Å²) in [6.07, 6.45) is 6.16. The molecular formula is C22H26N4O2. The molecule has 6 nitrogen and oxygen atoms in total. The second-order valence-corrected chi connectivity index (χ2v) is 7.13. The van der Waals surface area contributed by atoms with Crippen LogP contribution in [-0.2, 0) is 25.7 Å². The van der Waals surface area contributed by atoms with Crippen molar-refractivity contribution in [3.63, 3.8) is 0 Å². The van der Waals surface area contributed by atoms with E-state index in [9.17, 15) is 0 Å². The Labute approximate surface area is 165 Å². The summed E-state index contributed by atoms with van der Waals surface area (Å²) in [4.78, 5) is 16.0. The van der Waals surface area contributed by atoms with Crippen LogP contribution in [-0.4, -0.2) is 35.2 Å². The van der Waals surface area contributed by atoms with E-state index in [2.05, 4.69) is 45.1 Å².